The number of carbonyl (C=O) groups is 1. The highest BCUT2D eigenvalue weighted by Crippen LogP contribution is 2.29. The van der Waals surface area contributed by atoms with Crippen LogP contribution in [0.5, 0.6) is 0 Å². The molecule has 0 aliphatic carbocycles. The predicted octanol–water partition coefficient (Wildman–Crippen LogP) is 4.27. The molecule has 128 valence electrons. The summed E-state index contributed by atoms with van der Waals surface area (Å²) in [6, 6.07) is 2.25. The van der Waals surface area contributed by atoms with E-state index >= 15 is 0 Å². The van der Waals surface area contributed by atoms with Crippen LogP contribution in [-0.2, 0) is 11.0 Å². The molecule has 0 saturated heterocycles. The molecule has 0 aliphatic heterocycles. The van der Waals surface area contributed by atoms with Crippen molar-refractivity contribution in [3.63, 3.8) is 0 Å². The number of benzene rings is 1. The Morgan fingerprint density at radius 1 is 1.29 bits per heavy atom. The summed E-state index contributed by atoms with van der Waals surface area (Å²) in [5.41, 5.74) is -1.40. The molecule has 1 N–H and O–H groups in total. The first-order valence-electron chi connectivity index (χ1n) is 6.14. The van der Waals surface area contributed by atoms with E-state index in [2.05, 4.69) is 31.2 Å². The highest BCUT2D eigenvalue weighted by atomic mass is 79.9. The predicted molar refractivity (Wildman–Crippen MR) is 80.4 cm³/mol. The number of alkyl halides is 3. The maximum atomic E-state index is 13.6. The van der Waals surface area contributed by atoms with Gasteiger partial charge in [0.05, 0.1) is 11.4 Å². The molecule has 1 amide bonds. The Morgan fingerprint density at radius 3 is 2.62 bits per heavy atom. The minimum absolute atomic E-state index is 0.00586. The third kappa shape index (κ3) is 4.87. The standard InChI is InChI=1S/C13H7BrF5N3OS/c14-7-3-6(15)4-8(16)11(7)22-10(23)5-24-12-20-2-1-9(21-12)13(17,18)19/h1-4H,5H2,(H,22,23). The molecular weight excluding hydrogens is 421 g/mol. The summed E-state index contributed by atoms with van der Waals surface area (Å²) in [6.45, 7) is 0. The molecule has 0 spiro atoms. The minimum atomic E-state index is -4.62. The summed E-state index contributed by atoms with van der Waals surface area (Å²) in [7, 11) is 0. The Labute approximate surface area is 145 Å². The average Bonchev–Trinajstić information content (AvgIpc) is 2.48. The molecule has 0 fully saturated rings. The molecule has 2 rings (SSSR count). The van der Waals surface area contributed by atoms with E-state index in [-0.39, 0.29) is 21.1 Å². The van der Waals surface area contributed by atoms with Gasteiger partial charge in [-0.25, -0.2) is 18.7 Å². The highest BCUT2D eigenvalue weighted by Gasteiger charge is 2.32. The molecule has 0 saturated carbocycles. The number of hydrogen-bond acceptors (Lipinski definition) is 4. The molecular formula is C13H7BrF5N3OS. The number of rotatable bonds is 4. The van der Waals surface area contributed by atoms with Crippen LogP contribution in [0.3, 0.4) is 0 Å². The van der Waals surface area contributed by atoms with Crippen molar-refractivity contribution in [1.29, 1.82) is 0 Å². The van der Waals surface area contributed by atoms with Crippen LogP contribution in [0.4, 0.5) is 27.6 Å². The largest absolute Gasteiger partial charge is 0.433 e. The monoisotopic (exact) mass is 427 g/mol. The Hall–Kier alpha value is -1.75. The summed E-state index contributed by atoms with van der Waals surface area (Å²) in [5, 5.41) is 1.94. The van der Waals surface area contributed by atoms with Crippen molar-refractivity contribution >= 4 is 39.3 Å². The fourth-order valence-electron chi connectivity index (χ4n) is 1.54. The minimum Gasteiger partial charge on any atom is -0.322 e. The van der Waals surface area contributed by atoms with Gasteiger partial charge in [0.1, 0.15) is 11.5 Å². The van der Waals surface area contributed by atoms with Crippen molar-refractivity contribution in [2.75, 3.05) is 11.1 Å². The van der Waals surface area contributed by atoms with Crippen LogP contribution in [-0.4, -0.2) is 21.6 Å². The van der Waals surface area contributed by atoms with Crippen LogP contribution in [0.1, 0.15) is 5.69 Å². The van der Waals surface area contributed by atoms with Gasteiger partial charge in [-0.3, -0.25) is 4.79 Å². The lowest BCUT2D eigenvalue weighted by Gasteiger charge is -2.09. The number of carbonyl (C=O) groups excluding carboxylic acids is 1. The molecule has 1 aromatic carbocycles. The number of amides is 1. The number of aromatic nitrogens is 2. The lowest BCUT2D eigenvalue weighted by molar-refractivity contribution is -0.141. The van der Waals surface area contributed by atoms with Gasteiger partial charge < -0.3 is 5.32 Å². The van der Waals surface area contributed by atoms with Gasteiger partial charge in [-0.05, 0) is 28.1 Å². The van der Waals surface area contributed by atoms with E-state index in [9.17, 15) is 26.7 Å². The number of nitrogens with zero attached hydrogens (tertiary/aromatic N) is 2. The van der Waals surface area contributed by atoms with Gasteiger partial charge >= 0.3 is 6.18 Å². The van der Waals surface area contributed by atoms with E-state index in [1.54, 1.807) is 0 Å². The maximum absolute atomic E-state index is 13.6. The first-order chi connectivity index (χ1) is 11.2. The number of nitrogens with one attached hydrogen (secondary N) is 1. The molecule has 1 aromatic heterocycles. The Kier molecular flexibility index (Phi) is 5.75. The van der Waals surface area contributed by atoms with E-state index in [4.69, 9.17) is 0 Å². The van der Waals surface area contributed by atoms with E-state index in [0.29, 0.717) is 23.9 Å². The molecule has 0 radical (unpaired) electrons. The third-order valence-corrected chi connectivity index (χ3v) is 4.01. The number of hydrogen-bond donors (Lipinski definition) is 1. The van der Waals surface area contributed by atoms with Gasteiger partial charge in [-0.15, -0.1) is 0 Å². The van der Waals surface area contributed by atoms with E-state index in [1.165, 1.54) is 0 Å². The van der Waals surface area contributed by atoms with Gasteiger partial charge in [0.25, 0.3) is 0 Å². The average molecular weight is 428 g/mol. The Morgan fingerprint density at radius 2 is 2.00 bits per heavy atom. The Bertz CT molecular complexity index is 749. The smallest absolute Gasteiger partial charge is 0.322 e. The van der Waals surface area contributed by atoms with E-state index in [0.717, 1.165) is 12.3 Å². The van der Waals surface area contributed by atoms with Crippen LogP contribution in [0.15, 0.2) is 34.0 Å². The first-order valence-corrected chi connectivity index (χ1v) is 7.92. The third-order valence-electron chi connectivity index (χ3n) is 2.53. The topological polar surface area (TPSA) is 54.9 Å². The zero-order chi connectivity index (χ0) is 17.9. The van der Waals surface area contributed by atoms with Gasteiger partial charge in [-0.2, -0.15) is 13.2 Å². The molecule has 0 unspecified atom stereocenters. The fraction of sp³-hybridized carbons (Fsp3) is 0.154. The first kappa shape index (κ1) is 18.6. The van der Waals surface area contributed by atoms with Crippen LogP contribution in [0.25, 0.3) is 0 Å². The molecule has 4 nitrogen and oxygen atoms in total. The van der Waals surface area contributed by atoms with Gasteiger partial charge in [0, 0.05) is 16.7 Å². The van der Waals surface area contributed by atoms with Crippen LogP contribution in [0, 0.1) is 11.6 Å². The quantitative estimate of drug-likeness (QED) is 0.449. The number of thioether (sulfide) groups is 1. The lowest BCUT2D eigenvalue weighted by atomic mass is 10.3. The van der Waals surface area contributed by atoms with Gasteiger partial charge in [-0.1, -0.05) is 11.8 Å². The second kappa shape index (κ2) is 7.43. The second-order valence-corrected chi connectivity index (χ2v) is 6.10. The molecule has 0 aliphatic rings. The van der Waals surface area contributed by atoms with Crippen molar-refractivity contribution in [3.8, 4) is 0 Å². The van der Waals surface area contributed by atoms with Crippen LogP contribution in [0.2, 0.25) is 0 Å². The summed E-state index contributed by atoms with van der Waals surface area (Å²) >= 11 is 3.55. The molecule has 0 bridgehead atoms. The summed E-state index contributed by atoms with van der Waals surface area (Å²) in [4.78, 5) is 18.7. The zero-order valence-electron chi connectivity index (χ0n) is 11.5. The summed E-state index contributed by atoms with van der Waals surface area (Å²) in [6.07, 6.45) is -3.70. The lowest BCUT2D eigenvalue weighted by Crippen LogP contribution is -2.16. The number of halogens is 6. The van der Waals surface area contributed by atoms with Crippen LogP contribution >= 0.6 is 27.7 Å². The zero-order valence-corrected chi connectivity index (χ0v) is 13.9. The number of anilines is 1. The molecule has 11 heteroatoms. The van der Waals surface area contributed by atoms with Gasteiger partial charge in [0.2, 0.25) is 5.91 Å². The Balaban J connectivity index is 2.02. The van der Waals surface area contributed by atoms with Crippen molar-refractivity contribution in [1.82, 2.24) is 9.97 Å². The molecule has 2 aromatic rings. The van der Waals surface area contributed by atoms with E-state index < -0.39 is 29.4 Å². The summed E-state index contributed by atoms with van der Waals surface area (Å²) < 4.78 is 64.1. The van der Waals surface area contributed by atoms with Crippen molar-refractivity contribution in [3.05, 3.63) is 46.2 Å². The van der Waals surface area contributed by atoms with Crippen LogP contribution < -0.4 is 5.32 Å². The molecule has 24 heavy (non-hydrogen) atoms. The van der Waals surface area contributed by atoms with Crippen molar-refractivity contribution < 1.29 is 26.7 Å². The highest BCUT2D eigenvalue weighted by molar-refractivity contribution is 9.10. The maximum Gasteiger partial charge on any atom is 0.433 e. The van der Waals surface area contributed by atoms with Crippen molar-refractivity contribution in [2.24, 2.45) is 0 Å². The normalized spacial score (nSPS) is 11.4. The molecule has 0 atom stereocenters. The van der Waals surface area contributed by atoms with E-state index in [1.807, 2.05) is 0 Å². The fourth-order valence-corrected chi connectivity index (χ4v) is 2.67. The van der Waals surface area contributed by atoms with Gasteiger partial charge in [0.15, 0.2) is 11.0 Å². The SMILES string of the molecule is O=C(CSc1nccc(C(F)(F)F)n1)Nc1c(F)cc(F)cc1Br. The summed E-state index contributed by atoms with van der Waals surface area (Å²) in [5.74, 6) is -2.89. The second-order valence-electron chi connectivity index (χ2n) is 4.30. The van der Waals surface area contributed by atoms with Crippen molar-refractivity contribution in [2.45, 2.75) is 11.3 Å². The molecule has 1 heterocycles.